The van der Waals surface area contributed by atoms with E-state index >= 15 is 0 Å². The van der Waals surface area contributed by atoms with E-state index < -0.39 is 0 Å². The van der Waals surface area contributed by atoms with Crippen molar-refractivity contribution in [2.75, 3.05) is 5.43 Å². The number of nitrogens with zero attached hydrogens (tertiary/aromatic N) is 1. The summed E-state index contributed by atoms with van der Waals surface area (Å²) in [4.78, 5) is 0. The lowest BCUT2D eigenvalue weighted by atomic mass is 10.3. The highest BCUT2D eigenvalue weighted by Crippen LogP contribution is 2.11. The molecule has 0 aliphatic rings. The zero-order valence-corrected chi connectivity index (χ0v) is 9.49. The summed E-state index contributed by atoms with van der Waals surface area (Å²) in [5.41, 5.74) is 4.56. The summed E-state index contributed by atoms with van der Waals surface area (Å²) in [6, 6.07) is 11.3. The fourth-order valence-electron chi connectivity index (χ4n) is 1.52. The molecule has 0 spiro atoms. The number of hydrazine groups is 1. The van der Waals surface area contributed by atoms with E-state index in [0.29, 0.717) is 12.1 Å². The van der Waals surface area contributed by atoms with Crippen molar-refractivity contribution < 1.29 is 0 Å². The van der Waals surface area contributed by atoms with Gasteiger partial charge in [0.1, 0.15) is 0 Å². The predicted molar refractivity (Wildman–Crippen MR) is 62.2 cm³/mol. The molecule has 0 aliphatic heterocycles. The maximum absolute atomic E-state index is 3.41. The topological polar surface area (TPSA) is 15.3 Å². The molecule has 0 fully saturated rings. The van der Waals surface area contributed by atoms with E-state index in [1.54, 1.807) is 0 Å². The van der Waals surface area contributed by atoms with Gasteiger partial charge >= 0.3 is 0 Å². The van der Waals surface area contributed by atoms with Gasteiger partial charge < -0.3 is 5.43 Å². The summed E-state index contributed by atoms with van der Waals surface area (Å²) < 4.78 is 0. The number of rotatable bonds is 4. The smallest absolute Gasteiger partial charge is 0.0490 e. The Kier molecular flexibility index (Phi) is 3.96. The van der Waals surface area contributed by atoms with Crippen LogP contribution in [0.5, 0.6) is 0 Å². The molecule has 0 unspecified atom stereocenters. The Morgan fingerprint density at radius 3 is 1.86 bits per heavy atom. The van der Waals surface area contributed by atoms with Gasteiger partial charge in [-0.1, -0.05) is 18.2 Å². The molecule has 2 nitrogen and oxygen atoms in total. The number of hydrogen-bond acceptors (Lipinski definition) is 2. The Balaban J connectivity index is 2.65. The summed E-state index contributed by atoms with van der Waals surface area (Å²) in [6.45, 7) is 8.76. The highest BCUT2D eigenvalue weighted by Gasteiger charge is 2.12. The third-order valence-corrected chi connectivity index (χ3v) is 2.14. The molecule has 0 aliphatic carbocycles. The van der Waals surface area contributed by atoms with Crippen LogP contribution in [0.1, 0.15) is 27.7 Å². The quantitative estimate of drug-likeness (QED) is 0.737. The second-order valence-electron chi connectivity index (χ2n) is 4.07. The van der Waals surface area contributed by atoms with Crippen LogP contribution < -0.4 is 5.43 Å². The average Bonchev–Trinajstić information content (AvgIpc) is 2.15. The lowest BCUT2D eigenvalue weighted by molar-refractivity contribution is 0.218. The number of anilines is 1. The van der Waals surface area contributed by atoms with Gasteiger partial charge in [-0.15, -0.1) is 0 Å². The van der Waals surface area contributed by atoms with Crippen molar-refractivity contribution in [1.29, 1.82) is 0 Å². The van der Waals surface area contributed by atoms with E-state index in [1.165, 1.54) is 0 Å². The molecule has 0 heterocycles. The molecule has 1 N–H and O–H groups in total. The molecule has 1 aromatic rings. The Hall–Kier alpha value is -1.02. The Labute approximate surface area is 86.9 Å². The first-order valence-corrected chi connectivity index (χ1v) is 5.21. The molecule has 2 heteroatoms. The predicted octanol–water partition coefficient (Wildman–Crippen LogP) is 3.13. The van der Waals surface area contributed by atoms with Gasteiger partial charge in [-0.3, -0.25) is 0 Å². The normalized spacial score (nSPS) is 11.4. The molecule has 1 rings (SSSR count). The zero-order valence-electron chi connectivity index (χ0n) is 9.49. The molecule has 0 saturated carbocycles. The fourth-order valence-corrected chi connectivity index (χ4v) is 1.52. The van der Waals surface area contributed by atoms with Crippen molar-refractivity contribution in [3.63, 3.8) is 0 Å². The summed E-state index contributed by atoms with van der Waals surface area (Å²) in [5, 5.41) is 2.25. The second kappa shape index (κ2) is 5.01. The van der Waals surface area contributed by atoms with Crippen molar-refractivity contribution in [2.24, 2.45) is 0 Å². The molecule has 0 radical (unpaired) electrons. The van der Waals surface area contributed by atoms with Crippen LogP contribution in [0.4, 0.5) is 5.69 Å². The molecule has 0 aromatic heterocycles. The van der Waals surface area contributed by atoms with Crippen LogP contribution in [0.15, 0.2) is 30.3 Å². The summed E-state index contributed by atoms with van der Waals surface area (Å²) in [5.74, 6) is 0. The van der Waals surface area contributed by atoms with Crippen LogP contribution in [0, 0.1) is 0 Å². The molecule has 78 valence electrons. The van der Waals surface area contributed by atoms with Gasteiger partial charge in [-0.05, 0) is 39.8 Å². The van der Waals surface area contributed by atoms with Crippen LogP contribution in [-0.2, 0) is 0 Å². The third-order valence-electron chi connectivity index (χ3n) is 2.14. The first-order chi connectivity index (χ1) is 6.61. The Bertz CT molecular complexity index is 246. The van der Waals surface area contributed by atoms with Crippen LogP contribution in [0.2, 0.25) is 0 Å². The molecular formula is C12H20N2. The first kappa shape index (κ1) is 11.1. The van der Waals surface area contributed by atoms with Gasteiger partial charge in [0.15, 0.2) is 0 Å². The first-order valence-electron chi connectivity index (χ1n) is 5.21. The zero-order chi connectivity index (χ0) is 10.6. The van der Waals surface area contributed by atoms with Gasteiger partial charge in [0.2, 0.25) is 0 Å². The summed E-state index contributed by atoms with van der Waals surface area (Å²) in [7, 11) is 0. The van der Waals surface area contributed by atoms with Crippen LogP contribution in [0.25, 0.3) is 0 Å². The minimum absolute atomic E-state index is 0.496. The summed E-state index contributed by atoms with van der Waals surface area (Å²) >= 11 is 0. The maximum Gasteiger partial charge on any atom is 0.0490 e. The number of hydrogen-bond donors (Lipinski definition) is 1. The number of para-hydroxylation sites is 1. The molecule has 0 amide bonds. The fraction of sp³-hybridized carbons (Fsp3) is 0.500. The van der Waals surface area contributed by atoms with E-state index in [9.17, 15) is 0 Å². The average molecular weight is 192 g/mol. The SMILES string of the molecule is CC(C)N(Nc1ccccc1)C(C)C. The number of nitrogens with one attached hydrogen (secondary N) is 1. The van der Waals surface area contributed by atoms with E-state index in [-0.39, 0.29) is 0 Å². The van der Waals surface area contributed by atoms with Gasteiger partial charge in [0, 0.05) is 17.8 Å². The third kappa shape index (κ3) is 3.04. The lowest BCUT2D eigenvalue weighted by Crippen LogP contribution is -2.41. The van der Waals surface area contributed by atoms with Crippen molar-refractivity contribution in [2.45, 2.75) is 39.8 Å². The Morgan fingerprint density at radius 2 is 1.43 bits per heavy atom. The van der Waals surface area contributed by atoms with Crippen molar-refractivity contribution in [3.05, 3.63) is 30.3 Å². The van der Waals surface area contributed by atoms with Gasteiger partial charge in [-0.25, -0.2) is 5.01 Å². The highest BCUT2D eigenvalue weighted by molar-refractivity contribution is 5.41. The van der Waals surface area contributed by atoms with E-state index in [2.05, 4.69) is 50.3 Å². The summed E-state index contributed by atoms with van der Waals surface area (Å²) in [6.07, 6.45) is 0. The molecule has 0 saturated heterocycles. The molecule has 0 atom stereocenters. The monoisotopic (exact) mass is 192 g/mol. The van der Waals surface area contributed by atoms with Gasteiger partial charge in [-0.2, -0.15) is 0 Å². The van der Waals surface area contributed by atoms with Crippen molar-refractivity contribution in [3.8, 4) is 0 Å². The van der Waals surface area contributed by atoms with Crippen LogP contribution in [0.3, 0.4) is 0 Å². The standard InChI is InChI=1S/C12H20N2/c1-10(2)14(11(3)4)13-12-8-6-5-7-9-12/h5-11,13H,1-4H3. The second-order valence-corrected chi connectivity index (χ2v) is 4.07. The maximum atomic E-state index is 3.41. The highest BCUT2D eigenvalue weighted by atomic mass is 15.5. The molecule has 1 aromatic carbocycles. The number of benzene rings is 1. The van der Waals surface area contributed by atoms with Crippen LogP contribution in [-0.4, -0.2) is 17.1 Å². The molecule has 0 bridgehead atoms. The van der Waals surface area contributed by atoms with Crippen molar-refractivity contribution >= 4 is 5.69 Å². The van der Waals surface area contributed by atoms with E-state index in [0.717, 1.165) is 5.69 Å². The minimum Gasteiger partial charge on any atom is -0.318 e. The molecule has 14 heavy (non-hydrogen) atoms. The minimum atomic E-state index is 0.496. The van der Waals surface area contributed by atoms with E-state index in [1.807, 2.05) is 18.2 Å². The molecular weight excluding hydrogens is 172 g/mol. The van der Waals surface area contributed by atoms with Crippen LogP contribution >= 0.6 is 0 Å². The van der Waals surface area contributed by atoms with Crippen molar-refractivity contribution in [1.82, 2.24) is 5.01 Å². The Morgan fingerprint density at radius 1 is 0.929 bits per heavy atom. The van der Waals surface area contributed by atoms with E-state index in [4.69, 9.17) is 0 Å². The largest absolute Gasteiger partial charge is 0.318 e. The lowest BCUT2D eigenvalue weighted by Gasteiger charge is -2.31. The van der Waals surface area contributed by atoms with Gasteiger partial charge in [0.05, 0.1) is 0 Å². The van der Waals surface area contributed by atoms with Gasteiger partial charge in [0.25, 0.3) is 0 Å².